The molecule has 0 bridgehead atoms. The van der Waals surface area contributed by atoms with Gasteiger partial charge in [0.25, 0.3) is 0 Å². The summed E-state index contributed by atoms with van der Waals surface area (Å²) in [6.07, 6.45) is -5.98. The largest absolute Gasteiger partial charge is 0.481 e. The third kappa shape index (κ3) is 5.87. The van der Waals surface area contributed by atoms with Crippen LogP contribution in [0.4, 0.5) is 17.6 Å². The molecule has 0 heterocycles. The van der Waals surface area contributed by atoms with Gasteiger partial charge in [-0.05, 0) is 6.42 Å². The van der Waals surface area contributed by atoms with Crippen molar-refractivity contribution in [1.29, 1.82) is 0 Å². The molecule has 0 aliphatic rings. The molecule has 1 amide bonds. The number of halogens is 4. The molecular weight excluding hydrogens is 222 g/mol. The Kier molecular flexibility index (Phi) is 5.03. The monoisotopic (exact) mass is 231 g/mol. The Labute approximate surface area is 82.3 Å². The molecule has 2 N–H and O–H groups in total. The number of carbonyl (C=O) groups excluding carboxylic acids is 1. The fourth-order valence-corrected chi connectivity index (χ4v) is 0.753. The molecule has 8 heteroatoms. The van der Waals surface area contributed by atoms with Crippen LogP contribution in [0.15, 0.2) is 0 Å². The van der Waals surface area contributed by atoms with Crippen molar-refractivity contribution in [3.63, 3.8) is 0 Å². The number of alkyl halides is 4. The molecule has 15 heavy (non-hydrogen) atoms. The first-order valence-electron chi connectivity index (χ1n) is 3.92. The summed E-state index contributed by atoms with van der Waals surface area (Å²) in [5.41, 5.74) is 0. The summed E-state index contributed by atoms with van der Waals surface area (Å²) in [4.78, 5) is 20.4. The Bertz CT molecular complexity index is 241. The van der Waals surface area contributed by atoms with E-state index >= 15 is 0 Å². The van der Waals surface area contributed by atoms with Gasteiger partial charge >= 0.3 is 18.1 Å². The van der Waals surface area contributed by atoms with Gasteiger partial charge in [-0.15, -0.1) is 0 Å². The summed E-state index contributed by atoms with van der Waals surface area (Å²) in [5.74, 6) is -3.54. The maximum absolute atomic E-state index is 12.1. The summed E-state index contributed by atoms with van der Waals surface area (Å²) in [5, 5.41) is 9.55. The second-order valence-corrected chi connectivity index (χ2v) is 2.75. The number of hydrogen-bond donors (Lipinski definition) is 2. The van der Waals surface area contributed by atoms with E-state index in [0.717, 1.165) is 0 Å². The van der Waals surface area contributed by atoms with Crippen LogP contribution in [0.5, 0.6) is 0 Å². The molecule has 0 aliphatic carbocycles. The highest BCUT2D eigenvalue weighted by Crippen LogP contribution is 2.15. The molecule has 0 aliphatic heterocycles. The van der Waals surface area contributed by atoms with Gasteiger partial charge in [-0.3, -0.25) is 9.59 Å². The first kappa shape index (κ1) is 13.7. The lowest BCUT2D eigenvalue weighted by Crippen LogP contribution is -2.44. The molecule has 0 saturated heterocycles. The fourth-order valence-electron chi connectivity index (χ4n) is 0.753. The van der Waals surface area contributed by atoms with E-state index in [2.05, 4.69) is 0 Å². The second-order valence-electron chi connectivity index (χ2n) is 2.75. The molecule has 0 saturated carbocycles. The van der Waals surface area contributed by atoms with Crippen LogP contribution in [0.2, 0.25) is 0 Å². The Morgan fingerprint density at radius 1 is 1.33 bits per heavy atom. The summed E-state index contributed by atoms with van der Waals surface area (Å²) in [6, 6.07) is -1.42. The smallest absolute Gasteiger partial charge is 0.471 e. The molecule has 4 nitrogen and oxygen atoms in total. The van der Waals surface area contributed by atoms with Crippen molar-refractivity contribution in [1.82, 2.24) is 5.32 Å². The number of hydrogen-bond acceptors (Lipinski definition) is 2. The Balaban J connectivity index is 4.10. The summed E-state index contributed by atoms with van der Waals surface area (Å²) >= 11 is 0. The molecule has 0 rings (SSSR count). The SMILES string of the molecule is O=C(O)CCC(CF)NC(=O)C(F)(F)F. The first-order chi connectivity index (χ1) is 6.77. The average molecular weight is 231 g/mol. The van der Waals surface area contributed by atoms with E-state index in [0.29, 0.717) is 0 Å². The number of carbonyl (C=O) groups is 2. The first-order valence-corrected chi connectivity index (χ1v) is 3.92. The number of carboxylic acids is 1. The van der Waals surface area contributed by atoms with Crippen LogP contribution in [0, 0.1) is 0 Å². The molecule has 0 spiro atoms. The minimum Gasteiger partial charge on any atom is -0.481 e. The van der Waals surface area contributed by atoms with Gasteiger partial charge in [0.15, 0.2) is 0 Å². The van der Waals surface area contributed by atoms with E-state index in [-0.39, 0.29) is 6.42 Å². The maximum atomic E-state index is 12.1. The standard InChI is InChI=1S/C7H9F4NO3/c8-3-4(1-2-5(13)14)12-6(15)7(9,10)11/h4H,1-3H2,(H,12,15)(H,13,14). The van der Waals surface area contributed by atoms with E-state index in [1.165, 1.54) is 5.32 Å². The average Bonchev–Trinajstić information content (AvgIpc) is 2.09. The highest BCUT2D eigenvalue weighted by molar-refractivity contribution is 5.82. The zero-order chi connectivity index (χ0) is 12.1. The predicted octanol–water partition coefficient (Wildman–Crippen LogP) is 0.868. The predicted molar refractivity (Wildman–Crippen MR) is 40.8 cm³/mol. The van der Waals surface area contributed by atoms with Crippen LogP contribution >= 0.6 is 0 Å². The molecule has 0 aromatic rings. The highest BCUT2D eigenvalue weighted by Gasteiger charge is 2.39. The van der Waals surface area contributed by atoms with Crippen LogP contribution in [0.3, 0.4) is 0 Å². The number of aliphatic carboxylic acids is 1. The van der Waals surface area contributed by atoms with Crippen LogP contribution in [-0.2, 0) is 9.59 Å². The van der Waals surface area contributed by atoms with Crippen molar-refractivity contribution in [3.05, 3.63) is 0 Å². The Hall–Kier alpha value is -1.34. The van der Waals surface area contributed by atoms with E-state index in [4.69, 9.17) is 5.11 Å². The molecule has 0 aromatic carbocycles. The summed E-state index contributed by atoms with van der Waals surface area (Å²) in [7, 11) is 0. The highest BCUT2D eigenvalue weighted by atomic mass is 19.4. The van der Waals surface area contributed by atoms with E-state index in [1.54, 1.807) is 0 Å². The quantitative estimate of drug-likeness (QED) is 0.690. The number of rotatable bonds is 5. The van der Waals surface area contributed by atoms with Crippen molar-refractivity contribution >= 4 is 11.9 Å². The van der Waals surface area contributed by atoms with Crippen molar-refractivity contribution in [2.45, 2.75) is 25.1 Å². The van der Waals surface area contributed by atoms with Gasteiger partial charge in [0.1, 0.15) is 6.67 Å². The molecular formula is C7H9F4NO3. The van der Waals surface area contributed by atoms with Gasteiger partial charge in [0, 0.05) is 6.42 Å². The van der Waals surface area contributed by atoms with Crippen LogP contribution in [-0.4, -0.2) is 35.9 Å². The topological polar surface area (TPSA) is 66.4 Å². The van der Waals surface area contributed by atoms with Gasteiger partial charge < -0.3 is 10.4 Å². The van der Waals surface area contributed by atoms with Gasteiger partial charge in [0.05, 0.1) is 6.04 Å². The molecule has 1 unspecified atom stereocenters. The van der Waals surface area contributed by atoms with Crippen LogP contribution < -0.4 is 5.32 Å². The van der Waals surface area contributed by atoms with E-state index in [1.807, 2.05) is 0 Å². The van der Waals surface area contributed by atoms with E-state index in [9.17, 15) is 27.2 Å². The summed E-state index contributed by atoms with van der Waals surface area (Å²) < 4.78 is 47.2. The van der Waals surface area contributed by atoms with Crippen LogP contribution in [0.25, 0.3) is 0 Å². The lowest BCUT2D eigenvalue weighted by atomic mass is 10.2. The molecule has 0 radical (unpaired) electrons. The Morgan fingerprint density at radius 3 is 2.20 bits per heavy atom. The van der Waals surface area contributed by atoms with Gasteiger partial charge in [-0.25, -0.2) is 4.39 Å². The zero-order valence-electron chi connectivity index (χ0n) is 7.47. The fraction of sp³-hybridized carbons (Fsp3) is 0.714. The normalized spacial score (nSPS) is 13.3. The second kappa shape index (κ2) is 5.52. The molecule has 88 valence electrons. The third-order valence-corrected chi connectivity index (χ3v) is 1.49. The number of carboxylic acid groups (broad SMARTS) is 1. The molecule has 0 fully saturated rings. The van der Waals surface area contributed by atoms with Gasteiger partial charge in [0.2, 0.25) is 0 Å². The zero-order valence-corrected chi connectivity index (χ0v) is 7.47. The van der Waals surface area contributed by atoms with Crippen LogP contribution in [0.1, 0.15) is 12.8 Å². The minimum absolute atomic E-state index is 0.381. The third-order valence-electron chi connectivity index (χ3n) is 1.49. The lowest BCUT2D eigenvalue weighted by molar-refractivity contribution is -0.174. The minimum atomic E-state index is -5.09. The molecule has 0 aromatic heterocycles. The number of nitrogens with one attached hydrogen (secondary N) is 1. The lowest BCUT2D eigenvalue weighted by Gasteiger charge is -2.15. The maximum Gasteiger partial charge on any atom is 0.471 e. The van der Waals surface area contributed by atoms with Crippen molar-refractivity contribution < 1.29 is 32.3 Å². The Morgan fingerprint density at radius 2 is 1.87 bits per heavy atom. The number of amides is 1. The van der Waals surface area contributed by atoms with Crippen molar-refractivity contribution in [3.8, 4) is 0 Å². The van der Waals surface area contributed by atoms with Gasteiger partial charge in [-0.2, -0.15) is 13.2 Å². The van der Waals surface area contributed by atoms with Crippen molar-refractivity contribution in [2.75, 3.05) is 6.67 Å². The van der Waals surface area contributed by atoms with E-state index < -0.39 is 37.2 Å². The van der Waals surface area contributed by atoms with Gasteiger partial charge in [-0.1, -0.05) is 0 Å². The summed E-state index contributed by atoms with van der Waals surface area (Å²) in [6.45, 7) is -1.24. The molecule has 1 atom stereocenters. The van der Waals surface area contributed by atoms with Crippen molar-refractivity contribution in [2.24, 2.45) is 0 Å².